The van der Waals surface area contributed by atoms with E-state index in [0.717, 1.165) is 8.26 Å². The zero-order valence-electron chi connectivity index (χ0n) is 9.69. The smallest absolute Gasteiger partial charge is 0.261 e. The first-order valence-electron chi connectivity index (χ1n) is 5.41. The second-order valence-corrected chi connectivity index (χ2v) is 6.71. The Bertz CT molecular complexity index is 542. The van der Waals surface area contributed by atoms with Crippen LogP contribution < -0.4 is 10.6 Å². The minimum atomic E-state index is -0.0906. The van der Waals surface area contributed by atoms with Gasteiger partial charge in [-0.2, -0.15) is 0 Å². The van der Waals surface area contributed by atoms with Crippen molar-refractivity contribution >= 4 is 55.1 Å². The molecule has 0 saturated heterocycles. The molecule has 0 atom stereocenters. The Morgan fingerprint density at radius 1 is 1.26 bits per heavy atom. The number of anilines is 1. The molecule has 0 saturated carbocycles. The van der Waals surface area contributed by atoms with Crippen LogP contribution in [0.15, 0.2) is 32.8 Å². The average molecular weight is 406 g/mol. The number of carbonyl (C=O) groups is 1. The summed E-state index contributed by atoms with van der Waals surface area (Å²) in [4.78, 5) is 20.5. The summed E-state index contributed by atoms with van der Waals surface area (Å²) >= 11 is 8.10. The Labute approximate surface area is 131 Å². The third-order valence-electron chi connectivity index (χ3n) is 2.13. The van der Waals surface area contributed by atoms with Crippen LogP contribution in [0.5, 0.6) is 0 Å². The van der Waals surface area contributed by atoms with Crippen LogP contribution in [0.3, 0.4) is 0 Å². The molecule has 0 aromatic carbocycles. The molecule has 8 heteroatoms. The van der Waals surface area contributed by atoms with Gasteiger partial charge in [-0.15, -0.1) is 11.3 Å². The number of amides is 1. The minimum Gasteiger partial charge on any atom is -0.352 e. The fraction of sp³-hybridized carbons (Fsp3) is 0.182. The van der Waals surface area contributed by atoms with Crippen LogP contribution in [0, 0.1) is 0 Å². The van der Waals surface area contributed by atoms with Crippen molar-refractivity contribution in [3.8, 4) is 0 Å². The fourth-order valence-electron chi connectivity index (χ4n) is 1.29. The topological polar surface area (TPSA) is 66.9 Å². The van der Waals surface area contributed by atoms with E-state index in [1.54, 1.807) is 24.5 Å². The Morgan fingerprint density at radius 2 is 2.00 bits per heavy atom. The number of halogens is 2. The van der Waals surface area contributed by atoms with E-state index >= 15 is 0 Å². The first-order chi connectivity index (χ1) is 9.16. The number of nitrogens with zero attached hydrogens (tertiary/aromatic N) is 2. The summed E-state index contributed by atoms with van der Waals surface area (Å²) in [6, 6.07) is 3.54. The van der Waals surface area contributed by atoms with Gasteiger partial charge in [0.05, 0.1) is 8.66 Å². The number of rotatable bonds is 5. The summed E-state index contributed by atoms with van der Waals surface area (Å²) in [5.41, 5.74) is 0. The molecule has 2 rings (SSSR count). The molecule has 0 spiro atoms. The Kier molecular flexibility index (Phi) is 5.29. The molecule has 1 amide bonds. The molecule has 0 aliphatic rings. The third-order valence-corrected chi connectivity index (χ3v) is 5.38. The molecule has 2 N–H and O–H groups in total. The monoisotopic (exact) mass is 404 g/mol. The SMILES string of the molecule is O=C(NCCNc1ncccn1)c1cc(Br)c(Br)s1. The van der Waals surface area contributed by atoms with Gasteiger partial charge in [0, 0.05) is 30.0 Å². The summed E-state index contributed by atoms with van der Waals surface area (Å²) < 4.78 is 1.80. The standard InChI is InChI=1S/C11H10Br2N4OS/c12-7-6-8(19-9(7)13)10(18)14-4-5-17-11-15-2-1-3-16-11/h1-3,6H,4-5H2,(H,14,18)(H,15,16,17). The lowest BCUT2D eigenvalue weighted by Crippen LogP contribution is -2.28. The van der Waals surface area contributed by atoms with Crippen molar-refractivity contribution in [2.75, 3.05) is 18.4 Å². The highest BCUT2D eigenvalue weighted by Crippen LogP contribution is 2.32. The maximum atomic E-state index is 11.8. The van der Waals surface area contributed by atoms with Crippen molar-refractivity contribution in [2.45, 2.75) is 0 Å². The summed E-state index contributed by atoms with van der Waals surface area (Å²) in [6.45, 7) is 1.08. The van der Waals surface area contributed by atoms with Gasteiger partial charge in [0.25, 0.3) is 5.91 Å². The zero-order valence-corrected chi connectivity index (χ0v) is 13.7. The maximum absolute atomic E-state index is 11.8. The predicted molar refractivity (Wildman–Crippen MR) is 82.6 cm³/mol. The second kappa shape index (κ2) is 6.97. The van der Waals surface area contributed by atoms with Crippen molar-refractivity contribution < 1.29 is 4.79 Å². The van der Waals surface area contributed by atoms with Gasteiger partial charge in [-0.1, -0.05) is 0 Å². The lowest BCUT2D eigenvalue weighted by Gasteiger charge is -2.05. The number of carbonyl (C=O) groups excluding carboxylic acids is 1. The molecule has 0 aliphatic carbocycles. The number of thiophene rings is 1. The summed E-state index contributed by atoms with van der Waals surface area (Å²) in [5.74, 6) is 0.463. The van der Waals surface area contributed by atoms with Gasteiger partial charge in [-0.3, -0.25) is 4.79 Å². The van der Waals surface area contributed by atoms with Gasteiger partial charge in [-0.25, -0.2) is 9.97 Å². The van der Waals surface area contributed by atoms with Crippen LogP contribution in [0.2, 0.25) is 0 Å². The van der Waals surface area contributed by atoms with Crippen molar-refractivity contribution in [3.05, 3.63) is 37.7 Å². The highest BCUT2D eigenvalue weighted by atomic mass is 79.9. The first-order valence-corrected chi connectivity index (χ1v) is 7.81. The van der Waals surface area contributed by atoms with E-state index in [2.05, 4.69) is 52.5 Å². The van der Waals surface area contributed by atoms with Gasteiger partial charge in [0.15, 0.2) is 0 Å². The third kappa shape index (κ3) is 4.26. The van der Waals surface area contributed by atoms with Crippen molar-refractivity contribution in [1.82, 2.24) is 15.3 Å². The summed E-state index contributed by atoms with van der Waals surface area (Å²) in [6.07, 6.45) is 3.32. The van der Waals surface area contributed by atoms with Crippen LogP contribution in [0.4, 0.5) is 5.95 Å². The van der Waals surface area contributed by atoms with Crippen LogP contribution >= 0.6 is 43.2 Å². The van der Waals surface area contributed by atoms with Crippen molar-refractivity contribution in [3.63, 3.8) is 0 Å². The molecule has 0 unspecified atom stereocenters. The first kappa shape index (κ1) is 14.4. The Morgan fingerprint density at radius 3 is 2.63 bits per heavy atom. The van der Waals surface area contributed by atoms with Gasteiger partial charge in [0.1, 0.15) is 0 Å². The molecule has 0 fully saturated rings. The lowest BCUT2D eigenvalue weighted by atomic mass is 10.4. The number of hydrogen-bond donors (Lipinski definition) is 2. The number of aromatic nitrogens is 2. The second-order valence-electron chi connectivity index (χ2n) is 3.49. The molecular formula is C11H10Br2N4OS. The molecule has 0 bridgehead atoms. The summed E-state index contributed by atoms with van der Waals surface area (Å²) in [5, 5.41) is 5.84. The van der Waals surface area contributed by atoms with E-state index in [1.807, 2.05) is 0 Å². The molecular weight excluding hydrogens is 396 g/mol. The molecule has 0 aliphatic heterocycles. The van der Waals surface area contributed by atoms with E-state index in [-0.39, 0.29) is 5.91 Å². The van der Waals surface area contributed by atoms with E-state index in [0.29, 0.717) is 23.9 Å². The zero-order chi connectivity index (χ0) is 13.7. The van der Waals surface area contributed by atoms with Crippen LogP contribution in [-0.2, 0) is 0 Å². The van der Waals surface area contributed by atoms with E-state index in [1.165, 1.54) is 11.3 Å². The van der Waals surface area contributed by atoms with Gasteiger partial charge in [0.2, 0.25) is 5.95 Å². The highest BCUT2D eigenvalue weighted by molar-refractivity contribution is 9.13. The maximum Gasteiger partial charge on any atom is 0.261 e. The van der Waals surface area contributed by atoms with Crippen LogP contribution in [0.1, 0.15) is 9.67 Å². The predicted octanol–water partition coefficient (Wildman–Crippen LogP) is 2.91. The molecule has 2 aromatic rings. The van der Waals surface area contributed by atoms with Crippen molar-refractivity contribution in [1.29, 1.82) is 0 Å². The molecule has 2 heterocycles. The van der Waals surface area contributed by atoms with Gasteiger partial charge in [-0.05, 0) is 44.0 Å². The fourth-order valence-corrected chi connectivity index (χ4v) is 3.24. The average Bonchev–Trinajstić information content (AvgIpc) is 2.76. The minimum absolute atomic E-state index is 0.0906. The molecule has 100 valence electrons. The van der Waals surface area contributed by atoms with E-state index in [4.69, 9.17) is 0 Å². The van der Waals surface area contributed by atoms with Crippen LogP contribution in [0.25, 0.3) is 0 Å². The highest BCUT2D eigenvalue weighted by Gasteiger charge is 2.11. The largest absolute Gasteiger partial charge is 0.352 e. The van der Waals surface area contributed by atoms with Gasteiger partial charge < -0.3 is 10.6 Å². The molecule has 2 aromatic heterocycles. The number of hydrogen-bond acceptors (Lipinski definition) is 5. The van der Waals surface area contributed by atoms with Gasteiger partial charge >= 0.3 is 0 Å². The summed E-state index contributed by atoms with van der Waals surface area (Å²) in [7, 11) is 0. The van der Waals surface area contributed by atoms with E-state index in [9.17, 15) is 4.79 Å². The quantitative estimate of drug-likeness (QED) is 0.750. The lowest BCUT2D eigenvalue weighted by molar-refractivity contribution is 0.0959. The van der Waals surface area contributed by atoms with E-state index < -0.39 is 0 Å². The Hall–Kier alpha value is -0.990. The molecule has 19 heavy (non-hydrogen) atoms. The normalized spacial score (nSPS) is 10.2. The van der Waals surface area contributed by atoms with Crippen LogP contribution in [-0.4, -0.2) is 29.0 Å². The number of nitrogens with one attached hydrogen (secondary N) is 2. The van der Waals surface area contributed by atoms with Crippen molar-refractivity contribution in [2.24, 2.45) is 0 Å². The molecule has 0 radical (unpaired) electrons. The Balaban J connectivity index is 1.75. The molecule has 5 nitrogen and oxygen atoms in total.